The van der Waals surface area contributed by atoms with Crippen LogP contribution in [0.25, 0.3) is 11.0 Å². The van der Waals surface area contributed by atoms with Crippen molar-refractivity contribution in [1.82, 2.24) is 9.55 Å². The van der Waals surface area contributed by atoms with Gasteiger partial charge < -0.3 is 14.8 Å². The fraction of sp³-hybridized carbons (Fsp3) is 0.250. The third kappa shape index (κ3) is 4.94. The number of piperidine rings is 1. The third-order valence-corrected chi connectivity index (χ3v) is 6.57. The van der Waals surface area contributed by atoms with E-state index in [1.807, 2.05) is 30.3 Å². The average Bonchev–Trinajstić information content (AvgIpc) is 3.23. The minimum Gasteiger partial charge on any atom is -0.342 e. The van der Waals surface area contributed by atoms with E-state index in [1.54, 1.807) is 36.4 Å². The smallest absolute Gasteiger partial charge is 0.227 e. The molecule has 1 amide bonds. The van der Waals surface area contributed by atoms with Crippen molar-refractivity contribution < 1.29 is 14.0 Å². The number of Topliss-reactive ketones (excluding diaryl/α,β-unsaturated/α-hetero) is 1. The molecule has 1 aliphatic rings. The van der Waals surface area contributed by atoms with Crippen molar-refractivity contribution in [3.63, 3.8) is 0 Å². The molecule has 0 radical (unpaired) electrons. The van der Waals surface area contributed by atoms with Crippen LogP contribution in [0.15, 0.2) is 72.8 Å². The summed E-state index contributed by atoms with van der Waals surface area (Å²) < 4.78 is 15.9. The molecule has 0 atom stereocenters. The lowest BCUT2D eigenvalue weighted by Crippen LogP contribution is -2.39. The summed E-state index contributed by atoms with van der Waals surface area (Å²) in [5.74, 6) is 0.484. The highest BCUT2D eigenvalue weighted by Crippen LogP contribution is 2.28. The summed E-state index contributed by atoms with van der Waals surface area (Å²) in [6, 6.07) is 21.6. The Hall–Kier alpha value is -4.00. The van der Waals surface area contributed by atoms with Crippen LogP contribution in [0.1, 0.15) is 35.7 Å². The lowest BCUT2D eigenvalue weighted by molar-refractivity contribution is -0.120. The highest BCUT2D eigenvalue weighted by Gasteiger charge is 2.28. The number of nitrogens with zero attached hydrogens (tertiary/aromatic N) is 3. The minimum absolute atomic E-state index is 0.00123. The number of anilines is 2. The number of halogens is 1. The van der Waals surface area contributed by atoms with E-state index in [-0.39, 0.29) is 23.4 Å². The predicted molar refractivity (Wildman–Crippen MR) is 135 cm³/mol. The molecule has 6 nitrogen and oxygen atoms in total. The van der Waals surface area contributed by atoms with Crippen molar-refractivity contribution in [1.29, 1.82) is 0 Å². The van der Waals surface area contributed by atoms with Gasteiger partial charge in [-0.1, -0.05) is 24.3 Å². The molecule has 1 fully saturated rings. The number of rotatable bonds is 6. The number of fused-ring (bicyclic) bond motifs is 1. The van der Waals surface area contributed by atoms with E-state index < -0.39 is 0 Å². The summed E-state index contributed by atoms with van der Waals surface area (Å²) in [6.07, 6.45) is 1.42. The van der Waals surface area contributed by atoms with Gasteiger partial charge in [0.1, 0.15) is 5.82 Å². The van der Waals surface area contributed by atoms with Crippen molar-refractivity contribution in [3.05, 3.63) is 89.7 Å². The number of para-hydroxylation sites is 2. The Kier molecular flexibility index (Phi) is 6.31. The number of ketones is 1. The molecule has 1 aromatic heterocycles. The van der Waals surface area contributed by atoms with E-state index >= 15 is 0 Å². The summed E-state index contributed by atoms with van der Waals surface area (Å²) >= 11 is 0. The second-order valence-electron chi connectivity index (χ2n) is 9.00. The van der Waals surface area contributed by atoms with Crippen LogP contribution in [-0.4, -0.2) is 34.3 Å². The van der Waals surface area contributed by atoms with Gasteiger partial charge in [-0.25, -0.2) is 9.37 Å². The zero-order valence-electron chi connectivity index (χ0n) is 19.6. The van der Waals surface area contributed by atoms with Gasteiger partial charge in [-0.2, -0.15) is 0 Å². The molecular formula is C28H27FN4O2. The zero-order valence-corrected chi connectivity index (χ0v) is 19.6. The first-order valence-electron chi connectivity index (χ1n) is 11.8. The topological polar surface area (TPSA) is 67.2 Å². The van der Waals surface area contributed by atoms with Crippen LogP contribution in [0.5, 0.6) is 0 Å². The number of benzene rings is 3. The van der Waals surface area contributed by atoms with E-state index in [2.05, 4.69) is 14.8 Å². The van der Waals surface area contributed by atoms with E-state index in [1.165, 1.54) is 13.0 Å². The minimum atomic E-state index is -0.253. The number of carbonyl (C=O) groups excluding carboxylic acids is 2. The van der Waals surface area contributed by atoms with E-state index in [0.29, 0.717) is 43.7 Å². The van der Waals surface area contributed by atoms with Crippen molar-refractivity contribution in [2.75, 3.05) is 23.3 Å². The van der Waals surface area contributed by atoms with Gasteiger partial charge in [0.05, 0.1) is 17.6 Å². The molecule has 1 saturated heterocycles. The van der Waals surface area contributed by atoms with Crippen molar-refractivity contribution in [3.8, 4) is 0 Å². The average molecular weight is 471 g/mol. The maximum atomic E-state index is 13.8. The van der Waals surface area contributed by atoms with Gasteiger partial charge in [-0.05, 0) is 73.9 Å². The Morgan fingerprint density at radius 3 is 2.46 bits per heavy atom. The summed E-state index contributed by atoms with van der Waals surface area (Å²) in [7, 11) is 0. The Morgan fingerprint density at radius 2 is 1.74 bits per heavy atom. The number of imidazole rings is 1. The van der Waals surface area contributed by atoms with Crippen LogP contribution in [0.3, 0.4) is 0 Å². The van der Waals surface area contributed by atoms with Gasteiger partial charge in [0.25, 0.3) is 0 Å². The molecule has 0 unspecified atom stereocenters. The van der Waals surface area contributed by atoms with Gasteiger partial charge in [-0.3, -0.25) is 9.59 Å². The second kappa shape index (κ2) is 9.70. The van der Waals surface area contributed by atoms with Gasteiger partial charge >= 0.3 is 0 Å². The fourth-order valence-corrected chi connectivity index (χ4v) is 4.65. The predicted octanol–water partition coefficient (Wildman–Crippen LogP) is 5.28. The third-order valence-electron chi connectivity index (χ3n) is 6.57. The fourth-order valence-electron chi connectivity index (χ4n) is 4.65. The van der Waals surface area contributed by atoms with Gasteiger partial charge in [0.2, 0.25) is 11.9 Å². The van der Waals surface area contributed by atoms with E-state index in [0.717, 1.165) is 22.5 Å². The summed E-state index contributed by atoms with van der Waals surface area (Å²) in [5.41, 5.74) is 4.09. The number of nitrogens with one attached hydrogen (secondary N) is 1. The molecule has 1 aliphatic heterocycles. The van der Waals surface area contributed by atoms with Gasteiger partial charge in [0, 0.05) is 30.3 Å². The summed E-state index contributed by atoms with van der Waals surface area (Å²) in [5, 5.41) is 2.98. The molecule has 0 saturated carbocycles. The molecule has 4 aromatic rings. The van der Waals surface area contributed by atoms with Gasteiger partial charge in [0.15, 0.2) is 5.78 Å². The molecule has 5 rings (SSSR count). The lowest BCUT2D eigenvalue weighted by Gasteiger charge is -2.32. The van der Waals surface area contributed by atoms with Crippen LogP contribution in [0, 0.1) is 11.7 Å². The Balaban J connectivity index is 1.30. The Labute approximate surface area is 203 Å². The monoisotopic (exact) mass is 470 g/mol. The van der Waals surface area contributed by atoms with Crippen LogP contribution < -0.4 is 10.2 Å². The summed E-state index contributed by atoms with van der Waals surface area (Å²) in [6.45, 7) is 3.44. The zero-order chi connectivity index (χ0) is 24.4. The number of hydrogen-bond donors (Lipinski definition) is 1. The molecule has 2 heterocycles. The van der Waals surface area contributed by atoms with Crippen LogP contribution >= 0.6 is 0 Å². The maximum Gasteiger partial charge on any atom is 0.227 e. The number of amides is 1. The van der Waals surface area contributed by atoms with Crippen LogP contribution in [-0.2, 0) is 11.3 Å². The molecule has 3 aromatic carbocycles. The number of hydrogen-bond acceptors (Lipinski definition) is 4. The quantitative estimate of drug-likeness (QED) is 0.389. The molecule has 0 aliphatic carbocycles. The molecule has 1 N–H and O–H groups in total. The maximum absolute atomic E-state index is 13.8. The van der Waals surface area contributed by atoms with Gasteiger partial charge in [-0.15, -0.1) is 0 Å². The van der Waals surface area contributed by atoms with E-state index in [9.17, 15) is 14.0 Å². The molecule has 35 heavy (non-hydrogen) atoms. The van der Waals surface area contributed by atoms with Crippen molar-refractivity contribution in [2.24, 2.45) is 5.92 Å². The van der Waals surface area contributed by atoms with Crippen LogP contribution in [0.4, 0.5) is 16.0 Å². The largest absolute Gasteiger partial charge is 0.342 e. The molecule has 7 heteroatoms. The molecular weight excluding hydrogens is 443 g/mol. The Bertz CT molecular complexity index is 1370. The standard InChI is InChI=1S/C28H27FN4O2/c1-19(34)21-9-11-24(12-10-21)30-27(35)22-13-15-32(16-14-22)28-31-25-7-2-3-8-26(25)33(28)18-20-5-4-6-23(29)17-20/h2-12,17,22H,13-16,18H2,1H3,(H,30,35). The molecule has 0 bridgehead atoms. The molecule has 0 spiro atoms. The second-order valence-corrected chi connectivity index (χ2v) is 9.00. The Morgan fingerprint density at radius 1 is 1.00 bits per heavy atom. The first-order chi connectivity index (χ1) is 17.0. The number of carbonyl (C=O) groups is 2. The van der Waals surface area contributed by atoms with Crippen molar-refractivity contribution in [2.45, 2.75) is 26.3 Å². The highest BCUT2D eigenvalue weighted by atomic mass is 19.1. The SMILES string of the molecule is CC(=O)c1ccc(NC(=O)C2CCN(c3nc4ccccc4n3Cc3cccc(F)c3)CC2)cc1. The number of aromatic nitrogens is 2. The highest BCUT2D eigenvalue weighted by molar-refractivity contribution is 5.96. The van der Waals surface area contributed by atoms with Crippen molar-refractivity contribution >= 4 is 34.4 Å². The first-order valence-corrected chi connectivity index (χ1v) is 11.8. The van der Waals surface area contributed by atoms with Crippen LogP contribution in [0.2, 0.25) is 0 Å². The lowest BCUT2D eigenvalue weighted by atomic mass is 9.96. The normalized spacial score (nSPS) is 14.3. The first kappa shape index (κ1) is 22.8. The molecule has 178 valence electrons. The summed E-state index contributed by atoms with van der Waals surface area (Å²) in [4.78, 5) is 31.4. The van der Waals surface area contributed by atoms with E-state index in [4.69, 9.17) is 4.98 Å².